The zero-order valence-electron chi connectivity index (χ0n) is 12.1. The Morgan fingerprint density at radius 1 is 1.10 bits per heavy atom. The fourth-order valence-electron chi connectivity index (χ4n) is 2.71. The summed E-state index contributed by atoms with van der Waals surface area (Å²) in [5, 5.41) is 9.28. The first kappa shape index (κ1) is 13.8. The monoisotopic (exact) mass is 284 g/mol. The third-order valence-electron chi connectivity index (χ3n) is 4.50. The summed E-state index contributed by atoms with van der Waals surface area (Å²) in [6.07, 6.45) is 1.18. The summed E-state index contributed by atoms with van der Waals surface area (Å²) in [4.78, 5) is 11.3. The number of hydrogen-bond acceptors (Lipinski definition) is 1. The first-order valence-electron chi connectivity index (χ1n) is 7.05. The molecule has 1 saturated carbocycles. The molecule has 3 heteroatoms. The van der Waals surface area contributed by atoms with E-state index < -0.39 is 11.4 Å². The molecule has 2 aromatic rings. The highest BCUT2D eigenvalue weighted by Gasteiger charge is 2.51. The van der Waals surface area contributed by atoms with E-state index in [-0.39, 0.29) is 5.82 Å². The van der Waals surface area contributed by atoms with Crippen LogP contribution in [-0.2, 0) is 10.2 Å². The van der Waals surface area contributed by atoms with Crippen molar-refractivity contribution in [3.05, 3.63) is 58.9 Å². The average Bonchev–Trinajstić information content (AvgIpc) is 3.23. The number of carboxylic acids is 1. The number of aryl methyl sites for hydroxylation is 2. The van der Waals surface area contributed by atoms with Gasteiger partial charge in [-0.25, -0.2) is 4.39 Å². The van der Waals surface area contributed by atoms with Crippen molar-refractivity contribution in [2.45, 2.75) is 32.1 Å². The molecule has 0 aliphatic heterocycles. The summed E-state index contributed by atoms with van der Waals surface area (Å²) in [5.41, 5.74) is 3.33. The first-order chi connectivity index (χ1) is 9.94. The van der Waals surface area contributed by atoms with Crippen molar-refractivity contribution >= 4 is 5.97 Å². The van der Waals surface area contributed by atoms with Gasteiger partial charge in [0.1, 0.15) is 5.82 Å². The highest BCUT2D eigenvalue weighted by Crippen LogP contribution is 2.49. The van der Waals surface area contributed by atoms with Gasteiger partial charge in [-0.3, -0.25) is 4.79 Å². The molecule has 1 aliphatic rings. The van der Waals surface area contributed by atoms with E-state index in [0.717, 1.165) is 11.1 Å². The van der Waals surface area contributed by atoms with E-state index in [1.807, 2.05) is 32.0 Å². The molecule has 108 valence electrons. The normalized spacial score (nSPS) is 15.8. The van der Waals surface area contributed by atoms with E-state index in [9.17, 15) is 14.3 Å². The minimum Gasteiger partial charge on any atom is -0.481 e. The van der Waals surface area contributed by atoms with Crippen LogP contribution in [-0.4, -0.2) is 11.1 Å². The van der Waals surface area contributed by atoms with Crippen molar-refractivity contribution in [1.29, 1.82) is 0 Å². The molecule has 21 heavy (non-hydrogen) atoms. The highest BCUT2D eigenvalue weighted by atomic mass is 19.1. The van der Waals surface area contributed by atoms with Gasteiger partial charge in [-0.15, -0.1) is 0 Å². The first-order valence-corrected chi connectivity index (χ1v) is 7.05. The predicted octanol–water partition coefficient (Wildman–Crippen LogP) is 4.23. The van der Waals surface area contributed by atoms with Crippen LogP contribution in [0.15, 0.2) is 36.4 Å². The molecule has 2 aromatic carbocycles. The van der Waals surface area contributed by atoms with Crippen LogP contribution < -0.4 is 0 Å². The smallest absolute Gasteiger partial charge is 0.314 e. The third-order valence-corrected chi connectivity index (χ3v) is 4.50. The molecule has 0 saturated heterocycles. The standard InChI is InChI=1S/C18H17FO2/c1-11-3-4-13(9-12(11)2)15-6-5-14(10-16(15)19)18(7-8-18)17(20)21/h3-6,9-10H,7-8H2,1-2H3,(H,20,21). The number of halogens is 1. The molecule has 0 amide bonds. The van der Waals surface area contributed by atoms with Gasteiger partial charge in [-0.1, -0.05) is 30.3 Å². The molecule has 3 rings (SSSR count). The van der Waals surface area contributed by atoms with Crippen molar-refractivity contribution in [2.24, 2.45) is 0 Å². The van der Waals surface area contributed by atoms with Gasteiger partial charge in [0.05, 0.1) is 5.41 Å². The number of hydrogen-bond donors (Lipinski definition) is 1. The van der Waals surface area contributed by atoms with Crippen molar-refractivity contribution in [1.82, 2.24) is 0 Å². The Morgan fingerprint density at radius 3 is 2.33 bits per heavy atom. The lowest BCUT2D eigenvalue weighted by atomic mass is 9.92. The summed E-state index contributed by atoms with van der Waals surface area (Å²) < 4.78 is 14.4. The summed E-state index contributed by atoms with van der Waals surface area (Å²) in [6, 6.07) is 10.6. The van der Waals surface area contributed by atoms with Crippen molar-refractivity contribution in [3.63, 3.8) is 0 Å². The zero-order chi connectivity index (χ0) is 15.2. The van der Waals surface area contributed by atoms with Gasteiger partial charge in [0, 0.05) is 5.56 Å². The van der Waals surface area contributed by atoms with Crippen LogP contribution in [0.2, 0.25) is 0 Å². The predicted molar refractivity (Wildman–Crippen MR) is 79.9 cm³/mol. The maximum Gasteiger partial charge on any atom is 0.314 e. The van der Waals surface area contributed by atoms with Gasteiger partial charge in [0.15, 0.2) is 0 Å². The van der Waals surface area contributed by atoms with Crippen LogP contribution in [0.4, 0.5) is 4.39 Å². The maximum absolute atomic E-state index is 14.4. The summed E-state index contributed by atoms with van der Waals surface area (Å²) >= 11 is 0. The fraction of sp³-hybridized carbons (Fsp3) is 0.278. The minimum atomic E-state index is -0.860. The van der Waals surface area contributed by atoms with Crippen LogP contribution in [0, 0.1) is 19.7 Å². The topological polar surface area (TPSA) is 37.3 Å². The lowest BCUT2D eigenvalue weighted by Crippen LogP contribution is -2.19. The SMILES string of the molecule is Cc1ccc(-c2ccc(C3(C(=O)O)CC3)cc2F)cc1C. The molecule has 1 N–H and O–H groups in total. The second-order valence-corrected chi connectivity index (χ2v) is 5.88. The second kappa shape index (κ2) is 4.69. The molecule has 0 heterocycles. The molecule has 2 nitrogen and oxygen atoms in total. The Morgan fingerprint density at radius 2 is 1.81 bits per heavy atom. The molecule has 0 radical (unpaired) electrons. The van der Waals surface area contributed by atoms with Crippen molar-refractivity contribution < 1.29 is 14.3 Å². The Hall–Kier alpha value is -2.16. The molecule has 0 aromatic heterocycles. The Labute approximate surface area is 123 Å². The Kier molecular flexibility index (Phi) is 3.08. The third kappa shape index (κ3) is 2.23. The van der Waals surface area contributed by atoms with E-state index in [0.29, 0.717) is 24.0 Å². The zero-order valence-corrected chi connectivity index (χ0v) is 12.1. The van der Waals surface area contributed by atoms with Crippen LogP contribution >= 0.6 is 0 Å². The highest BCUT2D eigenvalue weighted by molar-refractivity contribution is 5.85. The van der Waals surface area contributed by atoms with Crippen LogP contribution in [0.1, 0.15) is 29.5 Å². The molecular weight excluding hydrogens is 267 g/mol. The minimum absolute atomic E-state index is 0.358. The van der Waals surface area contributed by atoms with Crippen LogP contribution in [0.3, 0.4) is 0 Å². The lowest BCUT2D eigenvalue weighted by molar-refractivity contribution is -0.140. The van der Waals surface area contributed by atoms with E-state index in [1.165, 1.54) is 11.6 Å². The van der Waals surface area contributed by atoms with E-state index in [1.54, 1.807) is 12.1 Å². The van der Waals surface area contributed by atoms with Crippen molar-refractivity contribution in [2.75, 3.05) is 0 Å². The van der Waals surface area contributed by atoms with Gasteiger partial charge < -0.3 is 5.11 Å². The molecule has 0 unspecified atom stereocenters. The van der Waals surface area contributed by atoms with E-state index >= 15 is 0 Å². The molecule has 0 spiro atoms. The van der Waals surface area contributed by atoms with Crippen LogP contribution in [0.25, 0.3) is 11.1 Å². The van der Waals surface area contributed by atoms with Gasteiger partial charge in [-0.05, 0) is 55.0 Å². The maximum atomic E-state index is 14.4. The van der Waals surface area contributed by atoms with Gasteiger partial charge in [0.2, 0.25) is 0 Å². The Balaban J connectivity index is 2.02. The Bertz CT molecular complexity index is 730. The second-order valence-electron chi connectivity index (χ2n) is 5.88. The molecule has 0 bridgehead atoms. The number of benzene rings is 2. The summed E-state index contributed by atoms with van der Waals surface area (Å²) in [6.45, 7) is 4.01. The summed E-state index contributed by atoms with van der Waals surface area (Å²) in [5.74, 6) is -1.22. The van der Waals surface area contributed by atoms with Gasteiger partial charge in [0.25, 0.3) is 0 Å². The fourth-order valence-corrected chi connectivity index (χ4v) is 2.71. The molecular formula is C18H17FO2. The number of carboxylic acid groups (broad SMARTS) is 1. The van der Waals surface area contributed by atoms with E-state index in [4.69, 9.17) is 0 Å². The largest absolute Gasteiger partial charge is 0.481 e. The molecule has 0 atom stereocenters. The van der Waals surface area contributed by atoms with Gasteiger partial charge in [-0.2, -0.15) is 0 Å². The number of aliphatic carboxylic acids is 1. The van der Waals surface area contributed by atoms with Gasteiger partial charge >= 0.3 is 5.97 Å². The molecule has 1 aliphatic carbocycles. The summed E-state index contributed by atoms with van der Waals surface area (Å²) in [7, 11) is 0. The quantitative estimate of drug-likeness (QED) is 0.916. The van der Waals surface area contributed by atoms with Crippen LogP contribution in [0.5, 0.6) is 0 Å². The lowest BCUT2D eigenvalue weighted by Gasteiger charge is -2.13. The number of carbonyl (C=O) groups is 1. The molecule has 1 fully saturated rings. The average molecular weight is 284 g/mol. The number of rotatable bonds is 3. The van der Waals surface area contributed by atoms with Crippen molar-refractivity contribution in [3.8, 4) is 11.1 Å². The van der Waals surface area contributed by atoms with E-state index in [2.05, 4.69) is 0 Å².